The Hall–Kier alpha value is -6.69. The van der Waals surface area contributed by atoms with E-state index in [2.05, 4.69) is 138 Å². The third-order valence-electron chi connectivity index (χ3n) is 10.2. The van der Waals surface area contributed by atoms with Crippen molar-refractivity contribution in [3.63, 3.8) is 0 Å². The van der Waals surface area contributed by atoms with Crippen LogP contribution in [0.5, 0.6) is 0 Å². The molecule has 0 saturated heterocycles. The molecule has 3 heterocycles. The highest BCUT2D eigenvalue weighted by Crippen LogP contribution is 2.48. The van der Waals surface area contributed by atoms with Gasteiger partial charge in [0, 0.05) is 48.3 Å². The predicted molar refractivity (Wildman–Crippen MR) is 218 cm³/mol. The predicted octanol–water partition coefficient (Wildman–Crippen LogP) is 12.6. The summed E-state index contributed by atoms with van der Waals surface area (Å²) in [5, 5.41) is 9.95. The molecule has 0 fully saturated rings. The lowest BCUT2D eigenvalue weighted by Gasteiger charge is -2.15. The summed E-state index contributed by atoms with van der Waals surface area (Å²) in [7, 11) is 0. The maximum Gasteiger partial charge on any atom is 0.164 e. The lowest BCUT2D eigenvalue weighted by atomic mass is 9.99. The quantitative estimate of drug-likeness (QED) is 0.186. The first-order valence-corrected chi connectivity index (χ1v) is 18.3. The summed E-state index contributed by atoms with van der Waals surface area (Å²) in [5.41, 5.74) is 6.42. The zero-order valence-corrected chi connectivity index (χ0v) is 28.7. The molecule has 0 amide bonds. The van der Waals surface area contributed by atoms with Gasteiger partial charge in [-0.15, -0.1) is 11.3 Å². The van der Waals surface area contributed by atoms with Gasteiger partial charge in [-0.2, -0.15) is 0 Å². The first-order valence-electron chi connectivity index (χ1n) is 17.5. The molecule has 0 bridgehead atoms. The number of aromatic nitrogens is 4. The van der Waals surface area contributed by atoms with Crippen molar-refractivity contribution in [3.8, 4) is 39.9 Å². The van der Waals surface area contributed by atoms with Gasteiger partial charge in [0.2, 0.25) is 0 Å². The third kappa shape index (κ3) is 4.30. The standard InChI is InChI=1S/C47H28N4S/c1-3-15-29(16-4-1)45-48-46(30-17-5-2-6-18-30)50-47(49-45)35-27-28-39(32-20-8-7-19-31(32)35)51-38-25-13-11-23-36(38)41-33-21-9-10-22-34(33)42-37-24-12-14-26-40(37)52-44(42)43(41)51/h1-28H. The highest BCUT2D eigenvalue weighted by atomic mass is 32.1. The highest BCUT2D eigenvalue weighted by molar-refractivity contribution is 7.27. The summed E-state index contributed by atoms with van der Waals surface area (Å²) in [6.07, 6.45) is 0. The molecule has 8 aromatic carbocycles. The van der Waals surface area contributed by atoms with Gasteiger partial charge in [0.05, 0.1) is 21.4 Å². The van der Waals surface area contributed by atoms with Gasteiger partial charge in [-0.25, -0.2) is 15.0 Å². The number of thiophene rings is 1. The fourth-order valence-electron chi connectivity index (χ4n) is 7.98. The van der Waals surface area contributed by atoms with Crippen LogP contribution in [0.4, 0.5) is 0 Å². The Morgan fingerprint density at radius 2 is 0.904 bits per heavy atom. The maximum atomic E-state index is 5.11. The number of para-hydroxylation sites is 1. The number of benzene rings is 8. The number of nitrogens with zero attached hydrogens (tertiary/aromatic N) is 4. The summed E-state index contributed by atoms with van der Waals surface area (Å²) in [5.74, 6) is 1.95. The maximum absolute atomic E-state index is 5.11. The van der Waals surface area contributed by atoms with E-state index in [-0.39, 0.29) is 0 Å². The molecule has 0 atom stereocenters. The molecule has 52 heavy (non-hydrogen) atoms. The summed E-state index contributed by atoms with van der Waals surface area (Å²) in [6, 6.07) is 60.0. The highest BCUT2D eigenvalue weighted by Gasteiger charge is 2.23. The number of hydrogen-bond acceptors (Lipinski definition) is 4. The second-order valence-electron chi connectivity index (χ2n) is 13.1. The van der Waals surface area contributed by atoms with E-state index in [1.54, 1.807) is 0 Å². The Kier molecular flexibility index (Phi) is 6.39. The van der Waals surface area contributed by atoms with Crippen LogP contribution in [0.3, 0.4) is 0 Å². The largest absolute Gasteiger partial charge is 0.307 e. The molecular weight excluding hydrogens is 653 g/mol. The van der Waals surface area contributed by atoms with Crippen molar-refractivity contribution < 1.29 is 0 Å². The molecule has 0 saturated carbocycles. The van der Waals surface area contributed by atoms with Crippen molar-refractivity contribution in [1.29, 1.82) is 0 Å². The third-order valence-corrected chi connectivity index (χ3v) is 11.4. The van der Waals surface area contributed by atoms with Crippen LogP contribution < -0.4 is 0 Å². The Bertz CT molecular complexity index is 3120. The number of fused-ring (bicyclic) bond motifs is 11. The molecule has 11 rings (SSSR count). The Morgan fingerprint density at radius 1 is 0.385 bits per heavy atom. The van der Waals surface area contributed by atoms with E-state index in [9.17, 15) is 0 Å². The first kappa shape index (κ1) is 29.1. The lowest BCUT2D eigenvalue weighted by Crippen LogP contribution is -2.01. The van der Waals surface area contributed by atoms with Crippen LogP contribution in [0, 0.1) is 0 Å². The zero-order chi connectivity index (χ0) is 34.2. The van der Waals surface area contributed by atoms with Crippen LogP contribution in [0.1, 0.15) is 0 Å². The van der Waals surface area contributed by atoms with Crippen molar-refractivity contribution in [1.82, 2.24) is 19.5 Å². The van der Waals surface area contributed by atoms with E-state index in [1.807, 2.05) is 47.7 Å². The van der Waals surface area contributed by atoms with Gasteiger partial charge >= 0.3 is 0 Å². The fraction of sp³-hybridized carbons (Fsp3) is 0. The molecule has 11 aromatic rings. The SMILES string of the molecule is c1ccc(-c2nc(-c3ccccc3)nc(-c3ccc(-n4c5ccccc5c5c6ccccc6c6c7ccccc7sc6c54)c4ccccc34)n2)cc1. The number of rotatable bonds is 4. The van der Waals surface area contributed by atoms with Gasteiger partial charge in [0.15, 0.2) is 17.5 Å². The minimum absolute atomic E-state index is 0.649. The molecule has 0 N–H and O–H groups in total. The molecule has 0 aliphatic heterocycles. The molecule has 0 unspecified atom stereocenters. The second kappa shape index (κ2) is 11.4. The summed E-state index contributed by atoms with van der Waals surface area (Å²) >= 11 is 1.89. The van der Waals surface area contributed by atoms with Crippen LogP contribution in [0.2, 0.25) is 0 Å². The summed E-state index contributed by atoms with van der Waals surface area (Å²) in [6.45, 7) is 0. The summed E-state index contributed by atoms with van der Waals surface area (Å²) in [4.78, 5) is 15.2. The second-order valence-corrected chi connectivity index (χ2v) is 14.2. The Balaban J connectivity index is 1.24. The molecule has 0 spiro atoms. The van der Waals surface area contributed by atoms with Gasteiger partial charge < -0.3 is 4.57 Å². The monoisotopic (exact) mass is 680 g/mol. The van der Waals surface area contributed by atoms with Crippen LogP contribution >= 0.6 is 11.3 Å². The van der Waals surface area contributed by atoms with Crippen LogP contribution in [-0.2, 0) is 0 Å². The van der Waals surface area contributed by atoms with E-state index < -0.39 is 0 Å². The molecule has 242 valence electrons. The minimum atomic E-state index is 0.649. The summed E-state index contributed by atoms with van der Waals surface area (Å²) < 4.78 is 5.10. The van der Waals surface area contributed by atoms with Crippen molar-refractivity contribution in [2.75, 3.05) is 0 Å². The molecule has 5 heteroatoms. The van der Waals surface area contributed by atoms with Crippen LogP contribution in [-0.4, -0.2) is 19.5 Å². The average molecular weight is 681 g/mol. The van der Waals surface area contributed by atoms with Gasteiger partial charge in [-0.1, -0.05) is 146 Å². The lowest BCUT2D eigenvalue weighted by molar-refractivity contribution is 1.08. The molecular formula is C47H28N4S. The van der Waals surface area contributed by atoms with Crippen LogP contribution in [0.25, 0.3) is 103 Å². The van der Waals surface area contributed by atoms with Crippen molar-refractivity contribution in [2.24, 2.45) is 0 Å². The minimum Gasteiger partial charge on any atom is -0.307 e. The van der Waals surface area contributed by atoms with E-state index in [0.29, 0.717) is 17.5 Å². The topological polar surface area (TPSA) is 43.6 Å². The van der Waals surface area contributed by atoms with Crippen molar-refractivity contribution in [3.05, 3.63) is 170 Å². The van der Waals surface area contributed by atoms with E-state index in [4.69, 9.17) is 15.0 Å². The Morgan fingerprint density at radius 3 is 1.60 bits per heavy atom. The van der Waals surface area contributed by atoms with Gasteiger partial charge in [0.25, 0.3) is 0 Å². The van der Waals surface area contributed by atoms with E-state index in [1.165, 1.54) is 52.8 Å². The molecule has 0 aliphatic carbocycles. The van der Waals surface area contributed by atoms with Crippen molar-refractivity contribution in [2.45, 2.75) is 0 Å². The first-order chi connectivity index (χ1) is 25.8. The van der Waals surface area contributed by atoms with Crippen LogP contribution in [0.15, 0.2) is 170 Å². The van der Waals surface area contributed by atoms with Crippen molar-refractivity contribution >= 4 is 74.9 Å². The molecule has 0 aliphatic rings. The normalized spacial score (nSPS) is 11.8. The van der Waals surface area contributed by atoms with Gasteiger partial charge in [0.1, 0.15) is 0 Å². The van der Waals surface area contributed by atoms with Gasteiger partial charge in [-0.05, 0) is 40.4 Å². The molecule has 4 nitrogen and oxygen atoms in total. The Labute approximate surface area is 302 Å². The fourth-order valence-corrected chi connectivity index (χ4v) is 9.24. The smallest absolute Gasteiger partial charge is 0.164 e. The van der Waals surface area contributed by atoms with E-state index >= 15 is 0 Å². The number of hydrogen-bond donors (Lipinski definition) is 0. The zero-order valence-electron chi connectivity index (χ0n) is 27.9. The van der Waals surface area contributed by atoms with Gasteiger partial charge in [-0.3, -0.25) is 0 Å². The van der Waals surface area contributed by atoms with E-state index in [0.717, 1.165) is 33.2 Å². The average Bonchev–Trinajstić information content (AvgIpc) is 3.78. The molecule has 3 aromatic heterocycles. The molecule has 0 radical (unpaired) electrons.